The molecule has 0 saturated carbocycles. The van der Waals surface area contributed by atoms with E-state index in [1.165, 1.54) is 6.07 Å². The van der Waals surface area contributed by atoms with Crippen LogP contribution in [-0.2, 0) is 6.61 Å². The Morgan fingerprint density at radius 2 is 2.05 bits per heavy atom. The topological polar surface area (TPSA) is 63.2 Å². The minimum Gasteiger partial charge on any atom is -0.489 e. The molecule has 3 aromatic rings. The number of rotatable bonds is 3. The lowest BCUT2D eigenvalue weighted by Crippen LogP contribution is -1.99. The van der Waals surface area contributed by atoms with Crippen LogP contribution in [0, 0.1) is 18.3 Å². The van der Waals surface area contributed by atoms with E-state index in [0.29, 0.717) is 23.5 Å². The molecule has 0 N–H and O–H groups in total. The van der Waals surface area contributed by atoms with Gasteiger partial charge in [0.1, 0.15) is 17.9 Å². The average Bonchev–Trinajstić information content (AvgIpc) is 2.52. The highest BCUT2D eigenvalue weighted by molar-refractivity contribution is 5.81. The Balaban J connectivity index is 1.85. The maximum atomic E-state index is 11.4. The van der Waals surface area contributed by atoms with Gasteiger partial charge in [-0.3, -0.25) is 0 Å². The molecule has 0 saturated heterocycles. The first-order valence-electron chi connectivity index (χ1n) is 6.82. The van der Waals surface area contributed by atoms with E-state index < -0.39 is 0 Å². The van der Waals surface area contributed by atoms with Crippen molar-refractivity contribution in [2.75, 3.05) is 0 Å². The van der Waals surface area contributed by atoms with E-state index in [1.54, 1.807) is 18.2 Å². The standard InChI is InChI=1S/C18H13NO3/c1-12-7-18(20)22-17-9-15(5-6-16(12)17)21-11-14-4-2-3-13(8-14)10-19/h2-9H,11H2,1H3. The van der Waals surface area contributed by atoms with Gasteiger partial charge in [0.2, 0.25) is 0 Å². The second kappa shape index (κ2) is 5.74. The second-order valence-corrected chi connectivity index (χ2v) is 5.01. The smallest absolute Gasteiger partial charge is 0.336 e. The van der Waals surface area contributed by atoms with Crippen LogP contribution in [0.4, 0.5) is 0 Å². The molecule has 3 rings (SSSR count). The van der Waals surface area contributed by atoms with E-state index >= 15 is 0 Å². The van der Waals surface area contributed by atoms with Crippen LogP contribution in [0.5, 0.6) is 5.75 Å². The Hall–Kier alpha value is -3.06. The van der Waals surface area contributed by atoms with Gasteiger partial charge in [0.25, 0.3) is 0 Å². The summed E-state index contributed by atoms with van der Waals surface area (Å²) in [7, 11) is 0. The molecule has 0 unspecified atom stereocenters. The Labute approximate surface area is 127 Å². The van der Waals surface area contributed by atoms with Crippen molar-refractivity contribution in [1.29, 1.82) is 5.26 Å². The van der Waals surface area contributed by atoms with Crippen molar-refractivity contribution < 1.29 is 9.15 Å². The third-order valence-electron chi connectivity index (χ3n) is 3.38. The van der Waals surface area contributed by atoms with Crippen LogP contribution in [0.15, 0.2) is 57.7 Å². The fourth-order valence-electron chi connectivity index (χ4n) is 2.29. The minimum atomic E-state index is -0.371. The first-order valence-corrected chi connectivity index (χ1v) is 6.82. The Kier molecular flexibility index (Phi) is 3.63. The normalized spacial score (nSPS) is 10.4. The van der Waals surface area contributed by atoms with Crippen molar-refractivity contribution in [3.8, 4) is 11.8 Å². The van der Waals surface area contributed by atoms with Gasteiger partial charge in [0.05, 0.1) is 11.6 Å². The Morgan fingerprint density at radius 3 is 2.86 bits per heavy atom. The first-order chi connectivity index (χ1) is 10.7. The summed E-state index contributed by atoms with van der Waals surface area (Å²) < 4.78 is 10.9. The van der Waals surface area contributed by atoms with Crippen molar-refractivity contribution in [2.24, 2.45) is 0 Å². The van der Waals surface area contributed by atoms with Gasteiger partial charge in [-0.1, -0.05) is 12.1 Å². The van der Waals surface area contributed by atoms with Crippen LogP contribution in [-0.4, -0.2) is 0 Å². The number of nitriles is 1. The first kappa shape index (κ1) is 13.9. The van der Waals surface area contributed by atoms with E-state index in [1.807, 2.05) is 31.2 Å². The third-order valence-corrected chi connectivity index (χ3v) is 3.38. The molecule has 0 bridgehead atoms. The molecular formula is C18H13NO3. The highest BCUT2D eigenvalue weighted by atomic mass is 16.5. The van der Waals surface area contributed by atoms with Gasteiger partial charge in [-0.2, -0.15) is 5.26 Å². The zero-order valence-corrected chi connectivity index (χ0v) is 12.0. The van der Waals surface area contributed by atoms with E-state index in [-0.39, 0.29) is 5.63 Å². The lowest BCUT2D eigenvalue weighted by Gasteiger charge is -2.08. The predicted molar refractivity (Wildman–Crippen MR) is 82.7 cm³/mol. The fraction of sp³-hybridized carbons (Fsp3) is 0.111. The van der Waals surface area contributed by atoms with Gasteiger partial charge in [0.15, 0.2) is 0 Å². The van der Waals surface area contributed by atoms with E-state index in [9.17, 15) is 4.79 Å². The zero-order chi connectivity index (χ0) is 15.5. The summed E-state index contributed by atoms with van der Waals surface area (Å²) in [6.07, 6.45) is 0. The number of hydrogen-bond acceptors (Lipinski definition) is 4. The van der Waals surface area contributed by atoms with E-state index in [0.717, 1.165) is 16.5 Å². The Morgan fingerprint density at radius 1 is 1.18 bits per heavy atom. The van der Waals surface area contributed by atoms with Crippen LogP contribution < -0.4 is 10.4 Å². The molecule has 1 heterocycles. The van der Waals surface area contributed by atoms with Crippen LogP contribution in [0.1, 0.15) is 16.7 Å². The van der Waals surface area contributed by atoms with Crippen LogP contribution in [0.3, 0.4) is 0 Å². The molecule has 0 aliphatic rings. The summed E-state index contributed by atoms with van der Waals surface area (Å²) in [5.41, 5.74) is 2.52. The number of benzene rings is 2. The molecule has 1 aromatic heterocycles. The summed E-state index contributed by atoms with van der Waals surface area (Å²) in [6, 6.07) is 16.2. The van der Waals surface area contributed by atoms with Crippen molar-refractivity contribution >= 4 is 11.0 Å². The van der Waals surface area contributed by atoms with Crippen molar-refractivity contribution in [3.05, 3.63) is 75.6 Å². The van der Waals surface area contributed by atoms with Crippen LogP contribution in [0.2, 0.25) is 0 Å². The molecule has 0 aliphatic carbocycles. The van der Waals surface area contributed by atoms with Gasteiger partial charge in [0, 0.05) is 17.5 Å². The summed E-state index contributed by atoms with van der Waals surface area (Å²) in [4.78, 5) is 11.4. The molecule has 0 amide bonds. The average molecular weight is 291 g/mol. The number of nitrogens with zero attached hydrogens (tertiary/aromatic N) is 1. The molecule has 0 fully saturated rings. The maximum Gasteiger partial charge on any atom is 0.336 e. The zero-order valence-electron chi connectivity index (χ0n) is 12.0. The van der Waals surface area contributed by atoms with Gasteiger partial charge < -0.3 is 9.15 Å². The van der Waals surface area contributed by atoms with Gasteiger partial charge in [-0.15, -0.1) is 0 Å². The molecule has 0 aliphatic heterocycles. The number of fused-ring (bicyclic) bond motifs is 1. The molecule has 2 aromatic carbocycles. The van der Waals surface area contributed by atoms with Gasteiger partial charge >= 0.3 is 5.63 Å². The second-order valence-electron chi connectivity index (χ2n) is 5.01. The van der Waals surface area contributed by atoms with Crippen molar-refractivity contribution in [2.45, 2.75) is 13.5 Å². The summed E-state index contributed by atoms with van der Waals surface area (Å²) in [6.45, 7) is 2.21. The molecule has 4 nitrogen and oxygen atoms in total. The number of aryl methyl sites for hydroxylation is 1. The molecule has 4 heteroatoms. The lowest BCUT2D eigenvalue weighted by molar-refractivity contribution is 0.306. The van der Waals surface area contributed by atoms with Crippen LogP contribution >= 0.6 is 0 Å². The SMILES string of the molecule is Cc1cc(=O)oc2cc(OCc3cccc(C#N)c3)ccc12. The monoisotopic (exact) mass is 291 g/mol. The quantitative estimate of drug-likeness (QED) is 0.692. The molecule has 0 radical (unpaired) electrons. The molecule has 0 spiro atoms. The van der Waals surface area contributed by atoms with Crippen LogP contribution in [0.25, 0.3) is 11.0 Å². The summed E-state index contributed by atoms with van der Waals surface area (Å²) >= 11 is 0. The highest BCUT2D eigenvalue weighted by Crippen LogP contribution is 2.23. The minimum absolute atomic E-state index is 0.344. The maximum absolute atomic E-state index is 11.4. The Bertz CT molecular complexity index is 935. The highest BCUT2D eigenvalue weighted by Gasteiger charge is 2.04. The van der Waals surface area contributed by atoms with Gasteiger partial charge in [-0.05, 0) is 42.3 Å². The van der Waals surface area contributed by atoms with E-state index in [4.69, 9.17) is 14.4 Å². The number of ether oxygens (including phenoxy) is 1. The molecule has 108 valence electrons. The third kappa shape index (κ3) is 2.84. The lowest BCUT2D eigenvalue weighted by atomic mass is 10.1. The van der Waals surface area contributed by atoms with Crippen molar-refractivity contribution in [1.82, 2.24) is 0 Å². The largest absolute Gasteiger partial charge is 0.489 e. The van der Waals surface area contributed by atoms with E-state index in [2.05, 4.69) is 6.07 Å². The van der Waals surface area contributed by atoms with Crippen molar-refractivity contribution in [3.63, 3.8) is 0 Å². The number of hydrogen-bond donors (Lipinski definition) is 0. The summed E-state index contributed by atoms with van der Waals surface area (Å²) in [5, 5.41) is 9.77. The summed E-state index contributed by atoms with van der Waals surface area (Å²) in [5.74, 6) is 0.614. The fourth-order valence-corrected chi connectivity index (χ4v) is 2.29. The predicted octanol–water partition coefficient (Wildman–Crippen LogP) is 3.55. The van der Waals surface area contributed by atoms with Gasteiger partial charge in [-0.25, -0.2) is 4.79 Å². The molecule has 0 atom stereocenters. The molecule has 22 heavy (non-hydrogen) atoms. The molecular weight excluding hydrogens is 278 g/mol.